The SMILES string of the molecule is COc1ccc(NC(=O)COC(=O)c2cc(-c3ccc(F)cc3)nc3ccccc23)c([N+](=O)[O-])c1. The van der Waals surface area contributed by atoms with Gasteiger partial charge in [-0.2, -0.15) is 0 Å². The van der Waals surface area contributed by atoms with Crippen molar-refractivity contribution in [3.63, 3.8) is 0 Å². The van der Waals surface area contributed by atoms with Gasteiger partial charge in [0.1, 0.15) is 17.3 Å². The number of carbonyl (C=O) groups is 2. The Labute approximate surface area is 198 Å². The first-order chi connectivity index (χ1) is 16.9. The molecule has 0 aliphatic carbocycles. The summed E-state index contributed by atoms with van der Waals surface area (Å²) in [4.78, 5) is 40.4. The number of methoxy groups -OCH3 is 1. The number of nitro groups is 1. The van der Waals surface area contributed by atoms with Crippen LogP contribution < -0.4 is 10.1 Å². The van der Waals surface area contributed by atoms with E-state index in [-0.39, 0.29) is 22.7 Å². The molecule has 4 rings (SSSR count). The Morgan fingerprint density at radius 3 is 2.51 bits per heavy atom. The maximum atomic E-state index is 13.3. The smallest absolute Gasteiger partial charge is 0.339 e. The van der Waals surface area contributed by atoms with Crippen molar-refractivity contribution in [2.45, 2.75) is 0 Å². The zero-order chi connectivity index (χ0) is 24.9. The summed E-state index contributed by atoms with van der Waals surface area (Å²) < 4.78 is 23.5. The molecule has 0 spiro atoms. The summed E-state index contributed by atoms with van der Waals surface area (Å²) in [5.74, 6) is -1.70. The number of rotatable bonds is 7. The van der Waals surface area contributed by atoms with Crippen molar-refractivity contribution in [2.24, 2.45) is 0 Å². The number of halogens is 1. The summed E-state index contributed by atoms with van der Waals surface area (Å²) in [7, 11) is 1.36. The molecule has 35 heavy (non-hydrogen) atoms. The van der Waals surface area contributed by atoms with Crippen molar-refractivity contribution in [1.82, 2.24) is 4.98 Å². The Morgan fingerprint density at radius 2 is 1.80 bits per heavy atom. The second-order valence-electron chi connectivity index (χ2n) is 7.34. The molecule has 1 aromatic heterocycles. The summed E-state index contributed by atoms with van der Waals surface area (Å²) in [6, 6.07) is 18.0. The summed E-state index contributed by atoms with van der Waals surface area (Å²) >= 11 is 0. The average Bonchev–Trinajstić information content (AvgIpc) is 2.87. The van der Waals surface area contributed by atoms with Gasteiger partial charge in [-0.1, -0.05) is 18.2 Å². The highest BCUT2D eigenvalue weighted by molar-refractivity contribution is 6.05. The van der Waals surface area contributed by atoms with Crippen molar-refractivity contribution < 1.29 is 28.4 Å². The number of fused-ring (bicyclic) bond motifs is 1. The van der Waals surface area contributed by atoms with Gasteiger partial charge in [0.05, 0.1) is 34.9 Å². The van der Waals surface area contributed by atoms with E-state index >= 15 is 0 Å². The average molecular weight is 475 g/mol. The lowest BCUT2D eigenvalue weighted by Gasteiger charge is -2.11. The monoisotopic (exact) mass is 475 g/mol. The summed E-state index contributed by atoms with van der Waals surface area (Å²) in [5.41, 5.74) is 1.26. The van der Waals surface area contributed by atoms with Gasteiger partial charge in [0.25, 0.3) is 11.6 Å². The molecule has 0 aliphatic rings. The molecule has 0 unspecified atom stereocenters. The minimum absolute atomic E-state index is 0.0650. The number of nitrogens with one attached hydrogen (secondary N) is 1. The number of pyridine rings is 1. The van der Waals surface area contributed by atoms with Gasteiger partial charge >= 0.3 is 5.97 Å². The van der Waals surface area contributed by atoms with Crippen LogP contribution in [0.15, 0.2) is 72.8 Å². The molecule has 0 fully saturated rings. The second kappa shape index (κ2) is 9.96. The van der Waals surface area contributed by atoms with Gasteiger partial charge in [0, 0.05) is 10.9 Å². The van der Waals surface area contributed by atoms with Crippen LogP contribution in [0.3, 0.4) is 0 Å². The van der Waals surface area contributed by atoms with Crippen LogP contribution in [-0.2, 0) is 9.53 Å². The Morgan fingerprint density at radius 1 is 1.06 bits per heavy atom. The van der Waals surface area contributed by atoms with Gasteiger partial charge in [-0.3, -0.25) is 14.9 Å². The van der Waals surface area contributed by atoms with Crippen molar-refractivity contribution in [3.8, 4) is 17.0 Å². The molecule has 3 aromatic carbocycles. The van der Waals surface area contributed by atoms with E-state index in [0.717, 1.165) is 0 Å². The van der Waals surface area contributed by atoms with Gasteiger partial charge < -0.3 is 14.8 Å². The number of aromatic nitrogens is 1. The quantitative estimate of drug-likeness (QED) is 0.233. The first kappa shape index (κ1) is 23.3. The minimum atomic E-state index is -0.786. The number of nitro benzene ring substituents is 1. The molecule has 176 valence electrons. The minimum Gasteiger partial charge on any atom is -0.496 e. The van der Waals surface area contributed by atoms with E-state index in [1.54, 1.807) is 24.3 Å². The number of anilines is 1. The third-order valence-corrected chi connectivity index (χ3v) is 5.09. The molecular weight excluding hydrogens is 457 g/mol. The second-order valence-corrected chi connectivity index (χ2v) is 7.34. The fourth-order valence-electron chi connectivity index (χ4n) is 3.40. The van der Waals surface area contributed by atoms with Crippen LogP contribution in [-0.4, -0.2) is 35.5 Å². The molecule has 0 bridgehead atoms. The summed E-state index contributed by atoms with van der Waals surface area (Å²) in [6.45, 7) is -0.676. The van der Waals surface area contributed by atoms with Crippen molar-refractivity contribution in [1.29, 1.82) is 0 Å². The summed E-state index contributed by atoms with van der Waals surface area (Å²) in [6.07, 6.45) is 0. The van der Waals surface area contributed by atoms with Crippen LogP contribution in [0.25, 0.3) is 22.2 Å². The number of benzene rings is 3. The van der Waals surface area contributed by atoms with E-state index in [4.69, 9.17) is 9.47 Å². The van der Waals surface area contributed by atoms with Crippen LogP contribution in [0.1, 0.15) is 10.4 Å². The molecule has 0 saturated heterocycles. The van der Waals surface area contributed by atoms with E-state index in [1.807, 2.05) is 0 Å². The lowest BCUT2D eigenvalue weighted by molar-refractivity contribution is -0.384. The lowest BCUT2D eigenvalue weighted by Crippen LogP contribution is -2.21. The van der Waals surface area contributed by atoms with Crippen LogP contribution >= 0.6 is 0 Å². The fraction of sp³-hybridized carbons (Fsp3) is 0.0800. The largest absolute Gasteiger partial charge is 0.496 e. The first-order valence-corrected chi connectivity index (χ1v) is 10.3. The first-order valence-electron chi connectivity index (χ1n) is 10.3. The topological polar surface area (TPSA) is 121 Å². The molecule has 9 nitrogen and oxygen atoms in total. The highest BCUT2D eigenvalue weighted by Gasteiger charge is 2.20. The van der Waals surface area contributed by atoms with Gasteiger partial charge in [-0.15, -0.1) is 0 Å². The third kappa shape index (κ3) is 5.22. The Bertz CT molecular complexity index is 1440. The maximum absolute atomic E-state index is 13.3. The van der Waals surface area contributed by atoms with Crippen molar-refractivity contribution >= 4 is 34.2 Å². The highest BCUT2D eigenvalue weighted by atomic mass is 19.1. The number of hydrogen-bond acceptors (Lipinski definition) is 7. The molecular formula is C25H18FN3O6. The number of amides is 1. The molecule has 1 N–H and O–H groups in total. The zero-order valence-electron chi connectivity index (χ0n) is 18.4. The number of carbonyl (C=O) groups excluding carboxylic acids is 2. The fourth-order valence-corrected chi connectivity index (χ4v) is 3.40. The normalized spacial score (nSPS) is 10.6. The molecule has 1 heterocycles. The van der Waals surface area contributed by atoms with Gasteiger partial charge in [0.15, 0.2) is 6.61 Å². The van der Waals surface area contributed by atoms with E-state index in [0.29, 0.717) is 22.2 Å². The van der Waals surface area contributed by atoms with E-state index < -0.39 is 29.2 Å². The van der Waals surface area contributed by atoms with E-state index in [1.165, 1.54) is 55.6 Å². The Hall–Kier alpha value is -4.86. The highest BCUT2D eigenvalue weighted by Crippen LogP contribution is 2.29. The van der Waals surface area contributed by atoms with Crippen LogP contribution in [0.2, 0.25) is 0 Å². The Balaban J connectivity index is 1.55. The zero-order valence-corrected chi connectivity index (χ0v) is 18.4. The molecule has 1 amide bonds. The van der Waals surface area contributed by atoms with Crippen molar-refractivity contribution in [2.75, 3.05) is 19.0 Å². The molecule has 0 radical (unpaired) electrons. The molecule has 10 heteroatoms. The van der Waals surface area contributed by atoms with E-state index in [9.17, 15) is 24.1 Å². The third-order valence-electron chi connectivity index (χ3n) is 5.09. The van der Waals surface area contributed by atoms with Gasteiger partial charge in [-0.25, -0.2) is 14.2 Å². The predicted octanol–water partition coefficient (Wildman–Crippen LogP) is 4.75. The maximum Gasteiger partial charge on any atom is 0.339 e. The molecule has 0 atom stereocenters. The number of para-hydroxylation sites is 1. The van der Waals surface area contributed by atoms with Crippen LogP contribution in [0, 0.1) is 15.9 Å². The van der Waals surface area contributed by atoms with Crippen molar-refractivity contribution in [3.05, 3.63) is 94.3 Å². The molecule has 0 aliphatic heterocycles. The Kier molecular flexibility index (Phi) is 6.63. The number of ether oxygens (including phenoxy) is 2. The van der Waals surface area contributed by atoms with Gasteiger partial charge in [0.2, 0.25) is 0 Å². The van der Waals surface area contributed by atoms with E-state index in [2.05, 4.69) is 10.3 Å². The van der Waals surface area contributed by atoms with Gasteiger partial charge in [-0.05, 0) is 48.5 Å². The standard InChI is InChI=1S/C25H18FN3O6/c1-34-17-10-11-21(23(12-17)29(32)33)28-24(30)14-35-25(31)19-13-22(15-6-8-16(26)9-7-15)27-20-5-3-2-4-18(19)20/h2-13H,14H2,1H3,(H,28,30). The summed E-state index contributed by atoms with van der Waals surface area (Å²) in [5, 5.41) is 14.2. The number of hydrogen-bond donors (Lipinski definition) is 1. The predicted molar refractivity (Wildman–Crippen MR) is 126 cm³/mol. The number of esters is 1. The molecule has 4 aromatic rings. The molecule has 0 saturated carbocycles. The number of nitrogens with zero attached hydrogens (tertiary/aromatic N) is 2. The lowest BCUT2D eigenvalue weighted by atomic mass is 10.0. The van der Waals surface area contributed by atoms with Crippen LogP contribution in [0.4, 0.5) is 15.8 Å². The van der Waals surface area contributed by atoms with Crippen LogP contribution in [0.5, 0.6) is 5.75 Å².